The highest BCUT2D eigenvalue weighted by Crippen LogP contribution is 1.92. The molecule has 5 nitrogen and oxygen atoms in total. The van der Waals surface area contributed by atoms with Gasteiger partial charge in [-0.25, -0.2) is 0 Å². The number of unbranched alkanes of at least 4 members (excludes halogenated alkanes) is 1. The first-order chi connectivity index (χ1) is 8.76. The first-order valence-electron chi connectivity index (χ1n) is 6.72. The lowest BCUT2D eigenvalue weighted by Gasteiger charge is -2.16. The quantitative estimate of drug-likeness (QED) is 0.424. The minimum absolute atomic E-state index is 0.282. The van der Waals surface area contributed by atoms with Gasteiger partial charge in [0.15, 0.2) is 0 Å². The number of esters is 1. The predicted molar refractivity (Wildman–Crippen MR) is 70.6 cm³/mol. The zero-order valence-electron chi connectivity index (χ0n) is 11.9. The van der Waals surface area contributed by atoms with Gasteiger partial charge in [-0.15, -0.1) is 0 Å². The average molecular weight is 261 g/mol. The summed E-state index contributed by atoms with van der Waals surface area (Å²) in [5, 5.41) is 3.09. The van der Waals surface area contributed by atoms with Gasteiger partial charge in [-0.2, -0.15) is 0 Å². The van der Waals surface area contributed by atoms with Gasteiger partial charge in [0.2, 0.25) is 0 Å². The second-order valence-electron chi connectivity index (χ2n) is 4.07. The van der Waals surface area contributed by atoms with E-state index in [-0.39, 0.29) is 12.0 Å². The Bertz CT molecular complexity index is 199. The normalized spacial score (nSPS) is 12.4. The molecule has 0 saturated heterocycles. The molecule has 0 heterocycles. The van der Waals surface area contributed by atoms with E-state index in [1.54, 1.807) is 0 Å². The Morgan fingerprint density at radius 2 is 1.83 bits per heavy atom. The summed E-state index contributed by atoms with van der Waals surface area (Å²) in [7, 11) is 1.39. The summed E-state index contributed by atoms with van der Waals surface area (Å²) in [5.41, 5.74) is 0. The van der Waals surface area contributed by atoms with Gasteiger partial charge in [0, 0.05) is 6.61 Å². The van der Waals surface area contributed by atoms with Crippen LogP contribution in [0.3, 0.4) is 0 Å². The van der Waals surface area contributed by atoms with Crippen LogP contribution in [0.2, 0.25) is 0 Å². The molecule has 0 amide bonds. The summed E-state index contributed by atoms with van der Waals surface area (Å²) in [6.45, 7) is 7.12. The molecule has 0 aromatic carbocycles. The third kappa shape index (κ3) is 9.39. The lowest BCUT2D eigenvalue weighted by atomic mass is 10.3. The molecule has 0 aromatic heterocycles. The highest BCUT2D eigenvalue weighted by molar-refractivity contribution is 5.75. The van der Waals surface area contributed by atoms with Crippen LogP contribution >= 0.6 is 0 Å². The van der Waals surface area contributed by atoms with E-state index in [1.165, 1.54) is 7.11 Å². The number of carbonyl (C=O) groups is 1. The van der Waals surface area contributed by atoms with E-state index in [9.17, 15) is 4.79 Å². The molecule has 0 aromatic rings. The molecule has 5 heteroatoms. The maximum atomic E-state index is 11.4. The molecular weight excluding hydrogens is 234 g/mol. The van der Waals surface area contributed by atoms with Crippen LogP contribution in [0, 0.1) is 0 Å². The fourth-order valence-corrected chi connectivity index (χ4v) is 1.34. The third-order valence-electron chi connectivity index (χ3n) is 2.43. The smallest absolute Gasteiger partial charge is 0.325 e. The van der Waals surface area contributed by atoms with E-state index in [0.29, 0.717) is 19.8 Å². The number of hydrogen-bond donors (Lipinski definition) is 1. The Balaban J connectivity index is 3.59. The third-order valence-corrected chi connectivity index (χ3v) is 2.43. The van der Waals surface area contributed by atoms with Gasteiger partial charge in [-0.3, -0.25) is 4.79 Å². The Morgan fingerprint density at radius 3 is 2.44 bits per heavy atom. The number of methoxy groups -OCH3 is 1. The minimum atomic E-state index is -0.384. The molecule has 0 radical (unpaired) electrons. The molecule has 0 aliphatic rings. The summed E-state index contributed by atoms with van der Waals surface area (Å²) in [4.78, 5) is 11.4. The van der Waals surface area contributed by atoms with Crippen molar-refractivity contribution in [1.29, 1.82) is 0 Å². The average Bonchev–Trinajstić information content (AvgIpc) is 2.40. The van der Waals surface area contributed by atoms with E-state index in [4.69, 9.17) is 14.2 Å². The summed E-state index contributed by atoms with van der Waals surface area (Å²) in [5.74, 6) is -0.282. The molecular formula is C13H27NO4. The van der Waals surface area contributed by atoms with Crippen molar-refractivity contribution >= 4 is 5.97 Å². The first-order valence-corrected chi connectivity index (χ1v) is 6.72. The largest absolute Gasteiger partial charge is 0.468 e. The molecule has 0 bridgehead atoms. The standard InChI is InChI=1S/C13H27NO4/c1-4-6-8-17-9-10-18-11-12(13(15)16-3)14-7-5-2/h12,14H,4-11H2,1-3H3. The van der Waals surface area contributed by atoms with Gasteiger partial charge in [-0.1, -0.05) is 20.3 Å². The molecule has 1 atom stereocenters. The fourth-order valence-electron chi connectivity index (χ4n) is 1.34. The SMILES string of the molecule is CCCCOCCOCC(NCCC)C(=O)OC. The molecule has 0 spiro atoms. The summed E-state index contributed by atoms with van der Waals surface area (Å²) in [6.07, 6.45) is 3.17. The Kier molecular flexibility index (Phi) is 12.3. The van der Waals surface area contributed by atoms with Gasteiger partial charge in [0.1, 0.15) is 6.04 Å². The maximum absolute atomic E-state index is 11.4. The van der Waals surface area contributed by atoms with Gasteiger partial charge in [0.05, 0.1) is 26.9 Å². The second-order valence-corrected chi connectivity index (χ2v) is 4.07. The Hall–Kier alpha value is -0.650. The Labute approximate surface area is 110 Å². The number of nitrogens with one attached hydrogen (secondary N) is 1. The van der Waals surface area contributed by atoms with Crippen molar-refractivity contribution < 1.29 is 19.0 Å². The minimum Gasteiger partial charge on any atom is -0.468 e. The molecule has 0 saturated carbocycles. The molecule has 0 rings (SSSR count). The van der Waals surface area contributed by atoms with Crippen LogP contribution in [0.5, 0.6) is 0 Å². The number of hydrogen-bond acceptors (Lipinski definition) is 5. The van der Waals surface area contributed by atoms with Crippen molar-refractivity contribution in [2.45, 2.75) is 39.2 Å². The molecule has 0 fully saturated rings. The van der Waals surface area contributed by atoms with Crippen molar-refractivity contribution in [2.24, 2.45) is 0 Å². The van der Waals surface area contributed by atoms with Crippen LogP contribution in [-0.4, -0.2) is 52.1 Å². The van der Waals surface area contributed by atoms with E-state index >= 15 is 0 Å². The van der Waals surface area contributed by atoms with Gasteiger partial charge in [0.25, 0.3) is 0 Å². The van der Waals surface area contributed by atoms with Crippen molar-refractivity contribution in [3.63, 3.8) is 0 Å². The zero-order valence-corrected chi connectivity index (χ0v) is 11.9. The van der Waals surface area contributed by atoms with Crippen molar-refractivity contribution in [2.75, 3.05) is 40.1 Å². The summed E-state index contributed by atoms with van der Waals surface area (Å²) in [6, 6.07) is -0.384. The zero-order chi connectivity index (χ0) is 13.6. The second kappa shape index (κ2) is 12.8. The van der Waals surface area contributed by atoms with Crippen LogP contribution in [0.15, 0.2) is 0 Å². The van der Waals surface area contributed by atoms with E-state index in [1.807, 2.05) is 6.92 Å². The lowest BCUT2D eigenvalue weighted by Crippen LogP contribution is -2.42. The number of ether oxygens (including phenoxy) is 3. The molecule has 0 aliphatic heterocycles. The molecule has 108 valence electrons. The van der Waals surface area contributed by atoms with Crippen molar-refractivity contribution in [1.82, 2.24) is 5.32 Å². The first kappa shape index (κ1) is 17.4. The highest BCUT2D eigenvalue weighted by atomic mass is 16.5. The highest BCUT2D eigenvalue weighted by Gasteiger charge is 2.17. The van der Waals surface area contributed by atoms with Crippen LogP contribution < -0.4 is 5.32 Å². The van der Waals surface area contributed by atoms with Gasteiger partial charge >= 0.3 is 5.97 Å². The van der Waals surface area contributed by atoms with Crippen molar-refractivity contribution in [3.05, 3.63) is 0 Å². The van der Waals surface area contributed by atoms with E-state index < -0.39 is 0 Å². The monoisotopic (exact) mass is 261 g/mol. The topological polar surface area (TPSA) is 56.8 Å². The molecule has 0 aliphatic carbocycles. The molecule has 18 heavy (non-hydrogen) atoms. The maximum Gasteiger partial charge on any atom is 0.325 e. The lowest BCUT2D eigenvalue weighted by molar-refractivity contribution is -0.145. The predicted octanol–water partition coefficient (Wildman–Crippen LogP) is 1.36. The van der Waals surface area contributed by atoms with E-state index in [2.05, 4.69) is 12.2 Å². The van der Waals surface area contributed by atoms with E-state index in [0.717, 1.165) is 32.4 Å². The molecule has 1 N–H and O–H groups in total. The van der Waals surface area contributed by atoms with Crippen LogP contribution in [-0.2, 0) is 19.0 Å². The van der Waals surface area contributed by atoms with Crippen LogP contribution in [0.25, 0.3) is 0 Å². The fraction of sp³-hybridized carbons (Fsp3) is 0.923. The van der Waals surface area contributed by atoms with Crippen LogP contribution in [0.4, 0.5) is 0 Å². The summed E-state index contributed by atoms with van der Waals surface area (Å²) < 4.78 is 15.5. The van der Waals surface area contributed by atoms with Crippen LogP contribution in [0.1, 0.15) is 33.1 Å². The van der Waals surface area contributed by atoms with Crippen molar-refractivity contribution in [3.8, 4) is 0 Å². The number of carbonyl (C=O) groups excluding carboxylic acids is 1. The van der Waals surface area contributed by atoms with Gasteiger partial charge in [-0.05, 0) is 19.4 Å². The Morgan fingerprint density at radius 1 is 1.11 bits per heavy atom. The molecule has 1 unspecified atom stereocenters. The number of rotatable bonds is 12. The summed E-state index contributed by atoms with van der Waals surface area (Å²) >= 11 is 0. The van der Waals surface area contributed by atoms with Gasteiger partial charge < -0.3 is 19.5 Å².